The highest BCUT2D eigenvalue weighted by Crippen LogP contribution is 2.45. The van der Waals surface area contributed by atoms with E-state index >= 15 is 0 Å². The number of nitrogens with zero attached hydrogens (tertiary/aromatic N) is 3. The molecule has 5 nitrogen and oxygen atoms in total. The fourth-order valence-corrected chi connectivity index (χ4v) is 4.36. The van der Waals surface area contributed by atoms with E-state index < -0.39 is 23.3 Å². The molecule has 3 aliphatic rings. The summed E-state index contributed by atoms with van der Waals surface area (Å²) < 4.78 is 54.0. The fraction of sp³-hybridized carbons (Fsp3) is 0.250. The molecule has 1 atom stereocenters. The van der Waals surface area contributed by atoms with Crippen LogP contribution in [0.2, 0.25) is 0 Å². The van der Waals surface area contributed by atoms with E-state index in [9.17, 15) is 17.6 Å². The summed E-state index contributed by atoms with van der Waals surface area (Å²) in [6, 6.07) is 7.71. The summed E-state index contributed by atoms with van der Waals surface area (Å²) in [5.41, 5.74) is 0.737. The van der Waals surface area contributed by atoms with Crippen molar-refractivity contribution in [1.29, 1.82) is 0 Å². The molecule has 1 aromatic heterocycles. The third-order valence-corrected chi connectivity index (χ3v) is 6.32. The van der Waals surface area contributed by atoms with E-state index in [0.717, 1.165) is 6.08 Å². The van der Waals surface area contributed by atoms with Crippen LogP contribution in [0, 0.1) is 11.7 Å². The molecule has 34 heavy (non-hydrogen) atoms. The van der Waals surface area contributed by atoms with Crippen LogP contribution < -0.4 is 10.6 Å². The smallest absolute Gasteiger partial charge is 0.363 e. The highest BCUT2D eigenvalue weighted by molar-refractivity contribution is 6.32. The van der Waals surface area contributed by atoms with Crippen molar-refractivity contribution >= 4 is 23.5 Å². The Morgan fingerprint density at radius 3 is 2.76 bits per heavy atom. The maximum absolute atomic E-state index is 13.9. The van der Waals surface area contributed by atoms with Gasteiger partial charge in [-0.2, -0.15) is 13.2 Å². The average Bonchev–Trinajstić information content (AvgIpc) is 3.55. The Morgan fingerprint density at radius 1 is 1.26 bits per heavy atom. The van der Waals surface area contributed by atoms with Crippen molar-refractivity contribution in [3.63, 3.8) is 0 Å². The van der Waals surface area contributed by atoms with E-state index in [-0.39, 0.29) is 11.5 Å². The summed E-state index contributed by atoms with van der Waals surface area (Å²) >= 11 is 6.51. The number of halogens is 5. The maximum atomic E-state index is 13.9. The molecular formula is C24H20ClF4N5. The van der Waals surface area contributed by atoms with E-state index in [1.54, 1.807) is 30.6 Å². The summed E-state index contributed by atoms with van der Waals surface area (Å²) in [6.45, 7) is 1.89. The quantitative estimate of drug-likeness (QED) is 0.506. The molecular weight excluding hydrogens is 470 g/mol. The van der Waals surface area contributed by atoms with E-state index in [1.807, 2.05) is 11.8 Å². The molecule has 5 rings (SSSR count). The number of allylic oxidation sites excluding steroid dienone is 3. The summed E-state index contributed by atoms with van der Waals surface area (Å²) in [4.78, 5) is 9.98. The van der Waals surface area contributed by atoms with Gasteiger partial charge in [-0.25, -0.2) is 14.4 Å². The Hall–Kier alpha value is -3.33. The van der Waals surface area contributed by atoms with Gasteiger partial charge in [0.25, 0.3) is 0 Å². The Balaban J connectivity index is 1.43. The molecule has 0 amide bonds. The monoisotopic (exact) mass is 489 g/mol. The number of alkyl halides is 3. The number of nitrogens with one attached hydrogen (secondary N) is 2. The molecule has 0 saturated heterocycles. The van der Waals surface area contributed by atoms with Crippen LogP contribution in [0.3, 0.4) is 0 Å². The zero-order chi connectivity index (χ0) is 24.1. The third kappa shape index (κ3) is 4.27. The lowest BCUT2D eigenvalue weighted by Crippen LogP contribution is -2.45. The standard InChI is InChI=1S/C24H20ClF4N5/c1-23(15-3-2-4-16(26)7-15)32-11-21-20(25)9-18(12-34(21)23)33-22-10-17(30-13-31-22)8-19(14-5-6-14)24(27,28)29/h2-4,7-14,32H,5-6H2,1H3,(H,30,31,33)/b19-8-. The van der Waals surface area contributed by atoms with Crippen LogP contribution in [0.25, 0.3) is 6.08 Å². The Bertz CT molecular complexity index is 1260. The first-order valence-corrected chi connectivity index (χ1v) is 11.0. The number of aromatic nitrogens is 2. The second kappa shape index (κ2) is 8.16. The first-order chi connectivity index (χ1) is 16.1. The van der Waals surface area contributed by atoms with Gasteiger partial charge in [0.15, 0.2) is 0 Å². The molecule has 0 bridgehead atoms. The molecule has 10 heteroatoms. The van der Waals surface area contributed by atoms with Gasteiger partial charge >= 0.3 is 6.18 Å². The van der Waals surface area contributed by atoms with Gasteiger partial charge in [0.05, 0.1) is 22.1 Å². The summed E-state index contributed by atoms with van der Waals surface area (Å²) in [5.74, 6) is -0.513. The van der Waals surface area contributed by atoms with Crippen LogP contribution >= 0.6 is 11.6 Å². The van der Waals surface area contributed by atoms with Gasteiger partial charge in [-0.1, -0.05) is 23.7 Å². The van der Waals surface area contributed by atoms with Gasteiger partial charge < -0.3 is 15.5 Å². The number of hydrogen-bond donors (Lipinski definition) is 2. The summed E-state index contributed by atoms with van der Waals surface area (Å²) in [7, 11) is 0. The number of fused-ring (bicyclic) bond motifs is 1. The minimum Gasteiger partial charge on any atom is -0.363 e. The zero-order valence-electron chi connectivity index (χ0n) is 18.0. The molecule has 3 heterocycles. The third-order valence-electron chi connectivity index (χ3n) is 6.02. The summed E-state index contributed by atoms with van der Waals surface area (Å²) in [5, 5.41) is 6.77. The van der Waals surface area contributed by atoms with Crippen molar-refractivity contribution in [2.75, 3.05) is 5.32 Å². The van der Waals surface area contributed by atoms with Crippen LogP contribution in [0.15, 0.2) is 77.1 Å². The SMILES string of the molecule is CC1(c2cccc(F)c2)NC=C2C(Cl)=CC(Nc3cc(/C=C(/C4CC4)C(F)(F)F)ncn3)=CN21. The topological polar surface area (TPSA) is 53.1 Å². The molecule has 0 radical (unpaired) electrons. The molecule has 2 aromatic rings. The molecule has 1 aromatic carbocycles. The van der Waals surface area contributed by atoms with E-state index in [0.29, 0.717) is 40.6 Å². The van der Waals surface area contributed by atoms with Crippen molar-refractivity contribution in [3.05, 3.63) is 94.2 Å². The Morgan fingerprint density at radius 2 is 2.06 bits per heavy atom. The largest absolute Gasteiger partial charge is 0.413 e. The van der Waals surface area contributed by atoms with Crippen LogP contribution in [0.1, 0.15) is 31.0 Å². The predicted molar refractivity (Wildman–Crippen MR) is 121 cm³/mol. The van der Waals surface area contributed by atoms with Crippen LogP contribution in [0.4, 0.5) is 23.4 Å². The lowest BCUT2D eigenvalue weighted by molar-refractivity contribution is -0.0944. The van der Waals surface area contributed by atoms with Crippen molar-refractivity contribution in [1.82, 2.24) is 20.2 Å². The van der Waals surface area contributed by atoms with Gasteiger partial charge in [0.1, 0.15) is 23.6 Å². The van der Waals surface area contributed by atoms with E-state index in [1.165, 1.54) is 24.5 Å². The lowest BCUT2D eigenvalue weighted by Gasteiger charge is -2.38. The van der Waals surface area contributed by atoms with E-state index in [4.69, 9.17) is 11.6 Å². The molecule has 1 saturated carbocycles. The van der Waals surface area contributed by atoms with Crippen molar-refractivity contribution in [2.45, 2.75) is 31.6 Å². The minimum atomic E-state index is -4.39. The number of benzene rings is 1. The van der Waals surface area contributed by atoms with Gasteiger partial charge in [0.2, 0.25) is 0 Å². The molecule has 1 fully saturated rings. The van der Waals surface area contributed by atoms with Crippen molar-refractivity contribution < 1.29 is 17.6 Å². The highest BCUT2D eigenvalue weighted by atomic mass is 35.5. The van der Waals surface area contributed by atoms with Gasteiger partial charge in [-0.3, -0.25) is 0 Å². The second-order valence-electron chi connectivity index (χ2n) is 8.53. The molecule has 0 spiro atoms. The lowest BCUT2D eigenvalue weighted by atomic mass is 9.99. The van der Waals surface area contributed by atoms with Gasteiger partial charge in [-0.15, -0.1) is 0 Å². The summed E-state index contributed by atoms with van der Waals surface area (Å²) in [6.07, 6.45) is 4.18. The molecule has 1 unspecified atom stereocenters. The predicted octanol–water partition coefficient (Wildman–Crippen LogP) is 5.98. The minimum absolute atomic E-state index is 0.163. The van der Waals surface area contributed by atoms with Crippen molar-refractivity contribution in [2.24, 2.45) is 5.92 Å². The molecule has 1 aliphatic carbocycles. The van der Waals surface area contributed by atoms with Crippen molar-refractivity contribution in [3.8, 4) is 0 Å². The first kappa shape index (κ1) is 22.5. The van der Waals surface area contributed by atoms with Crippen LogP contribution in [-0.4, -0.2) is 21.0 Å². The number of rotatable bonds is 5. The highest BCUT2D eigenvalue weighted by Gasteiger charge is 2.43. The van der Waals surface area contributed by atoms with Gasteiger partial charge in [-0.05, 0) is 50.0 Å². The molecule has 176 valence electrons. The van der Waals surface area contributed by atoms with Crippen LogP contribution in [0.5, 0.6) is 0 Å². The molecule has 2 N–H and O–H groups in total. The fourth-order valence-electron chi connectivity index (χ4n) is 4.09. The Labute approximate surface area is 198 Å². The maximum Gasteiger partial charge on any atom is 0.413 e. The molecule has 2 aliphatic heterocycles. The second-order valence-corrected chi connectivity index (χ2v) is 8.94. The number of hydrogen-bond acceptors (Lipinski definition) is 5. The normalized spacial score (nSPS) is 22.5. The zero-order valence-corrected chi connectivity index (χ0v) is 18.8. The van der Waals surface area contributed by atoms with E-state index in [2.05, 4.69) is 20.6 Å². The van der Waals surface area contributed by atoms with Gasteiger partial charge in [0, 0.05) is 29.6 Å². The van der Waals surface area contributed by atoms with Crippen LogP contribution in [-0.2, 0) is 5.66 Å². The first-order valence-electron chi connectivity index (χ1n) is 10.6. The average molecular weight is 490 g/mol. The number of anilines is 1. The Kier molecular flexibility index (Phi) is 5.39.